The number of benzene rings is 1. The van der Waals surface area contributed by atoms with Crippen LogP contribution in [0.2, 0.25) is 0 Å². The minimum atomic E-state index is 0.0276. The topological polar surface area (TPSA) is 44.1 Å². The Balaban J connectivity index is 2.13. The molecule has 0 unspecified atom stereocenters. The quantitative estimate of drug-likeness (QED) is 0.837. The van der Waals surface area contributed by atoms with E-state index in [-0.39, 0.29) is 5.91 Å². The van der Waals surface area contributed by atoms with E-state index in [9.17, 15) is 4.79 Å². The molecule has 3 nitrogen and oxygen atoms in total. The summed E-state index contributed by atoms with van der Waals surface area (Å²) < 4.78 is 0. The number of carbonyl (C=O) groups is 1. The summed E-state index contributed by atoms with van der Waals surface area (Å²) in [5.74, 6) is 0.0276. The molecule has 0 aliphatic heterocycles. The van der Waals surface area contributed by atoms with Gasteiger partial charge in [-0.05, 0) is 34.5 Å². The molecule has 1 amide bonds. The van der Waals surface area contributed by atoms with Crippen LogP contribution in [0.3, 0.4) is 0 Å². The molecule has 19 heavy (non-hydrogen) atoms. The molecule has 0 aliphatic rings. The molecule has 0 fully saturated rings. The third-order valence-corrected chi connectivity index (χ3v) is 3.48. The number of amides is 1. The number of nitriles is 1. The second-order valence-electron chi connectivity index (χ2n) is 4.10. The number of anilines is 1. The molecular weight excluding hydrogens is 256 g/mol. The fraction of sp³-hybridized carbons (Fsp3) is 0.200. The third kappa shape index (κ3) is 3.67. The monoisotopic (exact) mass is 270 g/mol. The van der Waals surface area contributed by atoms with E-state index in [1.54, 1.807) is 16.2 Å². The van der Waals surface area contributed by atoms with Gasteiger partial charge in [-0.1, -0.05) is 18.2 Å². The molecule has 1 heterocycles. The van der Waals surface area contributed by atoms with E-state index in [0.29, 0.717) is 19.4 Å². The molecule has 4 heteroatoms. The Morgan fingerprint density at radius 1 is 1.26 bits per heavy atom. The predicted molar refractivity (Wildman–Crippen MR) is 77.0 cm³/mol. The molecule has 0 saturated heterocycles. The lowest BCUT2D eigenvalue weighted by Crippen LogP contribution is -2.33. The second-order valence-corrected chi connectivity index (χ2v) is 4.88. The zero-order chi connectivity index (χ0) is 13.5. The van der Waals surface area contributed by atoms with E-state index in [4.69, 9.17) is 5.26 Å². The third-order valence-electron chi connectivity index (χ3n) is 2.75. The van der Waals surface area contributed by atoms with Gasteiger partial charge in [-0.2, -0.15) is 16.6 Å². The maximum Gasteiger partial charge on any atom is 0.231 e. The fourth-order valence-electron chi connectivity index (χ4n) is 1.83. The van der Waals surface area contributed by atoms with Crippen molar-refractivity contribution in [2.24, 2.45) is 0 Å². The van der Waals surface area contributed by atoms with Crippen molar-refractivity contribution in [3.05, 3.63) is 52.7 Å². The summed E-state index contributed by atoms with van der Waals surface area (Å²) in [5.41, 5.74) is 1.87. The maximum absolute atomic E-state index is 12.3. The average Bonchev–Trinajstić information content (AvgIpc) is 2.93. The van der Waals surface area contributed by atoms with Crippen molar-refractivity contribution in [3.8, 4) is 6.07 Å². The minimum Gasteiger partial charge on any atom is -0.311 e. The minimum absolute atomic E-state index is 0.0276. The molecule has 0 radical (unpaired) electrons. The first-order chi connectivity index (χ1) is 9.31. The van der Waals surface area contributed by atoms with Crippen LogP contribution < -0.4 is 4.90 Å². The summed E-state index contributed by atoms with van der Waals surface area (Å²) in [6.07, 6.45) is 0.716. The number of carbonyl (C=O) groups excluding carboxylic acids is 1. The van der Waals surface area contributed by atoms with Crippen LogP contribution in [0.4, 0.5) is 5.69 Å². The molecule has 0 N–H and O–H groups in total. The molecule has 0 aliphatic carbocycles. The van der Waals surface area contributed by atoms with E-state index < -0.39 is 0 Å². The van der Waals surface area contributed by atoms with E-state index in [2.05, 4.69) is 6.07 Å². The van der Waals surface area contributed by atoms with Gasteiger partial charge in [0.15, 0.2) is 0 Å². The maximum atomic E-state index is 12.3. The first kappa shape index (κ1) is 13.3. The van der Waals surface area contributed by atoms with Gasteiger partial charge in [0.05, 0.1) is 18.9 Å². The Labute approximate surface area is 116 Å². The average molecular weight is 270 g/mol. The van der Waals surface area contributed by atoms with Crippen molar-refractivity contribution in [1.82, 2.24) is 0 Å². The van der Waals surface area contributed by atoms with Gasteiger partial charge in [-0.3, -0.25) is 4.79 Å². The lowest BCUT2D eigenvalue weighted by Gasteiger charge is -2.21. The molecule has 1 aromatic carbocycles. The van der Waals surface area contributed by atoms with Crippen molar-refractivity contribution in [2.45, 2.75) is 12.8 Å². The molecule has 0 atom stereocenters. The van der Waals surface area contributed by atoms with Gasteiger partial charge in [-0.15, -0.1) is 0 Å². The first-order valence-corrected chi connectivity index (χ1v) is 6.99. The smallest absolute Gasteiger partial charge is 0.231 e. The van der Waals surface area contributed by atoms with Crippen molar-refractivity contribution in [1.29, 1.82) is 5.26 Å². The van der Waals surface area contributed by atoms with Gasteiger partial charge < -0.3 is 4.90 Å². The van der Waals surface area contributed by atoms with Crippen LogP contribution in [-0.2, 0) is 11.2 Å². The number of para-hydroxylation sites is 1. The van der Waals surface area contributed by atoms with E-state index in [1.165, 1.54) is 0 Å². The van der Waals surface area contributed by atoms with Crippen molar-refractivity contribution in [2.75, 3.05) is 11.4 Å². The van der Waals surface area contributed by atoms with Crippen LogP contribution in [0.25, 0.3) is 0 Å². The number of rotatable bonds is 5. The van der Waals surface area contributed by atoms with Crippen molar-refractivity contribution in [3.63, 3.8) is 0 Å². The number of hydrogen-bond acceptors (Lipinski definition) is 3. The summed E-state index contributed by atoms with van der Waals surface area (Å²) in [6.45, 7) is 0.434. The molecule has 0 bridgehead atoms. The zero-order valence-corrected chi connectivity index (χ0v) is 11.3. The highest BCUT2D eigenvalue weighted by atomic mass is 32.1. The van der Waals surface area contributed by atoms with Crippen LogP contribution in [0.15, 0.2) is 47.2 Å². The van der Waals surface area contributed by atoms with Crippen LogP contribution in [0.1, 0.15) is 12.0 Å². The Hall–Kier alpha value is -2.12. The standard InChI is InChI=1S/C15H14N2OS/c16-8-4-9-17(14-5-2-1-3-6-14)15(18)11-13-7-10-19-12-13/h1-3,5-7,10,12H,4,9,11H2. The Morgan fingerprint density at radius 2 is 2.05 bits per heavy atom. The van der Waals surface area contributed by atoms with Crippen LogP contribution >= 0.6 is 11.3 Å². The SMILES string of the molecule is N#CCCN(C(=O)Cc1ccsc1)c1ccccc1. The van der Waals surface area contributed by atoms with Crippen LogP contribution in [-0.4, -0.2) is 12.5 Å². The Morgan fingerprint density at radius 3 is 2.68 bits per heavy atom. The predicted octanol–water partition coefficient (Wildman–Crippen LogP) is 3.24. The highest BCUT2D eigenvalue weighted by Gasteiger charge is 2.15. The summed E-state index contributed by atoms with van der Waals surface area (Å²) >= 11 is 1.58. The van der Waals surface area contributed by atoms with Gasteiger partial charge >= 0.3 is 0 Å². The highest BCUT2D eigenvalue weighted by Crippen LogP contribution is 2.16. The molecule has 0 spiro atoms. The number of hydrogen-bond donors (Lipinski definition) is 0. The van der Waals surface area contributed by atoms with E-state index in [1.807, 2.05) is 47.2 Å². The zero-order valence-electron chi connectivity index (χ0n) is 10.5. The van der Waals surface area contributed by atoms with E-state index >= 15 is 0 Å². The van der Waals surface area contributed by atoms with Gasteiger partial charge in [0.25, 0.3) is 0 Å². The summed E-state index contributed by atoms with van der Waals surface area (Å²) in [4.78, 5) is 14.0. The fourth-order valence-corrected chi connectivity index (χ4v) is 2.50. The van der Waals surface area contributed by atoms with Crippen LogP contribution in [0.5, 0.6) is 0 Å². The molecule has 2 aromatic rings. The van der Waals surface area contributed by atoms with Crippen LogP contribution in [0, 0.1) is 11.3 Å². The van der Waals surface area contributed by atoms with Gasteiger partial charge in [0.2, 0.25) is 5.91 Å². The lowest BCUT2D eigenvalue weighted by molar-refractivity contribution is -0.118. The van der Waals surface area contributed by atoms with Crippen molar-refractivity contribution < 1.29 is 4.79 Å². The molecule has 1 aromatic heterocycles. The largest absolute Gasteiger partial charge is 0.311 e. The van der Waals surface area contributed by atoms with Crippen molar-refractivity contribution >= 4 is 22.9 Å². The Kier molecular flexibility index (Phi) is 4.71. The molecule has 2 rings (SSSR count). The Bertz CT molecular complexity index is 558. The summed E-state index contributed by atoms with van der Waals surface area (Å²) in [7, 11) is 0. The number of nitrogens with zero attached hydrogens (tertiary/aromatic N) is 2. The van der Waals surface area contributed by atoms with Gasteiger partial charge in [-0.25, -0.2) is 0 Å². The van der Waals surface area contributed by atoms with Gasteiger partial charge in [0, 0.05) is 12.2 Å². The first-order valence-electron chi connectivity index (χ1n) is 6.04. The summed E-state index contributed by atoms with van der Waals surface area (Å²) in [6, 6.07) is 13.5. The summed E-state index contributed by atoms with van der Waals surface area (Å²) in [5, 5.41) is 12.7. The molecule has 96 valence electrons. The number of thiophene rings is 1. The van der Waals surface area contributed by atoms with E-state index in [0.717, 1.165) is 11.3 Å². The molecular formula is C15H14N2OS. The van der Waals surface area contributed by atoms with Gasteiger partial charge in [0.1, 0.15) is 0 Å². The normalized spacial score (nSPS) is 9.84. The lowest BCUT2D eigenvalue weighted by atomic mass is 10.2. The molecule has 0 saturated carbocycles. The second kappa shape index (κ2) is 6.72. The highest BCUT2D eigenvalue weighted by molar-refractivity contribution is 7.08.